The van der Waals surface area contributed by atoms with E-state index in [0.717, 1.165) is 0 Å². The van der Waals surface area contributed by atoms with Crippen molar-refractivity contribution in [3.63, 3.8) is 0 Å². The van der Waals surface area contributed by atoms with Gasteiger partial charge < -0.3 is 15.6 Å². The standard InChI is InChI=1S/C8H17NO3/c1-3-12-6(2)7(5-9)4-8(10)11/h6-7H,3-5,9H2,1-2H3,(H,10,11). The van der Waals surface area contributed by atoms with Crippen molar-refractivity contribution in [1.29, 1.82) is 0 Å². The third-order valence-electron chi connectivity index (χ3n) is 1.83. The fraction of sp³-hybridized carbons (Fsp3) is 0.875. The molecule has 12 heavy (non-hydrogen) atoms. The van der Waals surface area contributed by atoms with Gasteiger partial charge in [0.2, 0.25) is 0 Å². The van der Waals surface area contributed by atoms with Crippen LogP contribution < -0.4 is 5.73 Å². The summed E-state index contributed by atoms with van der Waals surface area (Å²) in [4.78, 5) is 10.4. The Morgan fingerprint density at radius 2 is 2.25 bits per heavy atom. The Morgan fingerprint density at radius 3 is 2.58 bits per heavy atom. The van der Waals surface area contributed by atoms with Crippen LogP contribution >= 0.6 is 0 Å². The average molecular weight is 175 g/mol. The molecule has 0 saturated heterocycles. The van der Waals surface area contributed by atoms with Gasteiger partial charge in [0.25, 0.3) is 0 Å². The first-order valence-corrected chi connectivity index (χ1v) is 4.15. The van der Waals surface area contributed by atoms with E-state index in [0.29, 0.717) is 13.2 Å². The van der Waals surface area contributed by atoms with E-state index in [1.165, 1.54) is 0 Å². The highest BCUT2D eigenvalue weighted by Gasteiger charge is 2.18. The molecular weight excluding hydrogens is 158 g/mol. The maximum absolute atomic E-state index is 10.4. The highest BCUT2D eigenvalue weighted by molar-refractivity contribution is 5.67. The molecule has 0 aromatic rings. The van der Waals surface area contributed by atoms with Crippen LogP contribution in [0.3, 0.4) is 0 Å². The van der Waals surface area contributed by atoms with Gasteiger partial charge in [-0.3, -0.25) is 4.79 Å². The van der Waals surface area contributed by atoms with Crippen LogP contribution in [-0.2, 0) is 9.53 Å². The second-order valence-electron chi connectivity index (χ2n) is 2.75. The van der Waals surface area contributed by atoms with E-state index >= 15 is 0 Å². The normalized spacial score (nSPS) is 15.6. The number of carbonyl (C=O) groups is 1. The van der Waals surface area contributed by atoms with Crippen LogP contribution in [0.15, 0.2) is 0 Å². The first-order chi connectivity index (χ1) is 5.61. The van der Waals surface area contributed by atoms with Crippen molar-refractivity contribution in [3.05, 3.63) is 0 Å². The van der Waals surface area contributed by atoms with E-state index in [4.69, 9.17) is 15.6 Å². The predicted octanol–water partition coefficient (Wildman–Crippen LogP) is 0.461. The van der Waals surface area contributed by atoms with Crippen LogP contribution in [0.5, 0.6) is 0 Å². The minimum atomic E-state index is -0.822. The molecule has 0 bridgehead atoms. The third kappa shape index (κ3) is 4.31. The van der Waals surface area contributed by atoms with Gasteiger partial charge in [-0.15, -0.1) is 0 Å². The van der Waals surface area contributed by atoms with Gasteiger partial charge in [-0.1, -0.05) is 0 Å². The first-order valence-electron chi connectivity index (χ1n) is 4.15. The minimum Gasteiger partial charge on any atom is -0.481 e. The van der Waals surface area contributed by atoms with Crippen LogP contribution in [0.25, 0.3) is 0 Å². The largest absolute Gasteiger partial charge is 0.481 e. The SMILES string of the molecule is CCOC(C)C(CN)CC(=O)O. The van der Waals surface area contributed by atoms with Crippen molar-refractivity contribution in [3.8, 4) is 0 Å². The Hall–Kier alpha value is -0.610. The zero-order valence-corrected chi connectivity index (χ0v) is 7.62. The molecule has 0 aliphatic rings. The van der Waals surface area contributed by atoms with Gasteiger partial charge in [-0.2, -0.15) is 0 Å². The second kappa shape index (κ2) is 5.97. The topological polar surface area (TPSA) is 72.5 Å². The average Bonchev–Trinajstić information content (AvgIpc) is 2.00. The molecule has 4 nitrogen and oxygen atoms in total. The van der Waals surface area contributed by atoms with E-state index in [2.05, 4.69) is 0 Å². The first kappa shape index (κ1) is 11.4. The van der Waals surface area contributed by atoms with Crippen LogP contribution in [0.2, 0.25) is 0 Å². The predicted molar refractivity (Wildman–Crippen MR) is 45.9 cm³/mol. The monoisotopic (exact) mass is 175 g/mol. The summed E-state index contributed by atoms with van der Waals surface area (Å²) in [6.07, 6.45) is 0.00796. The number of rotatable bonds is 6. The molecule has 3 N–H and O–H groups in total. The van der Waals surface area contributed by atoms with Crippen LogP contribution in [0.1, 0.15) is 20.3 Å². The summed E-state index contributed by atoms with van der Waals surface area (Å²) in [7, 11) is 0. The molecule has 2 atom stereocenters. The van der Waals surface area contributed by atoms with Crippen LogP contribution in [0.4, 0.5) is 0 Å². The molecule has 0 radical (unpaired) electrons. The summed E-state index contributed by atoms with van der Waals surface area (Å²) < 4.78 is 5.25. The van der Waals surface area contributed by atoms with E-state index < -0.39 is 5.97 Å². The van der Waals surface area contributed by atoms with E-state index in [9.17, 15) is 4.79 Å². The molecule has 4 heteroatoms. The summed E-state index contributed by atoms with van der Waals surface area (Å²) in [5.74, 6) is -0.903. The molecule has 72 valence electrons. The van der Waals surface area contributed by atoms with Crippen molar-refractivity contribution < 1.29 is 14.6 Å². The number of carboxylic acid groups (broad SMARTS) is 1. The molecule has 0 rings (SSSR count). The number of hydrogen-bond donors (Lipinski definition) is 2. The number of aliphatic carboxylic acids is 1. The quantitative estimate of drug-likeness (QED) is 0.615. The summed E-state index contributed by atoms with van der Waals surface area (Å²) in [6, 6.07) is 0. The van der Waals surface area contributed by atoms with Crippen molar-refractivity contribution in [2.45, 2.75) is 26.4 Å². The Labute approximate surface area is 72.7 Å². The van der Waals surface area contributed by atoms with E-state index in [1.54, 1.807) is 0 Å². The molecule has 2 unspecified atom stereocenters. The fourth-order valence-corrected chi connectivity index (χ4v) is 1.06. The van der Waals surface area contributed by atoms with Gasteiger partial charge in [0.15, 0.2) is 0 Å². The summed E-state index contributed by atoms with van der Waals surface area (Å²) >= 11 is 0. The molecular formula is C8H17NO3. The van der Waals surface area contributed by atoms with Gasteiger partial charge in [-0.25, -0.2) is 0 Å². The van der Waals surface area contributed by atoms with Crippen molar-refractivity contribution >= 4 is 5.97 Å². The Kier molecular flexibility index (Phi) is 5.66. The fourth-order valence-electron chi connectivity index (χ4n) is 1.06. The van der Waals surface area contributed by atoms with Crippen molar-refractivity contribution in [1.82, 2.24) is 0 Å². The van der Waals surface area contributed by atoms with Crippen molar-refractivity contribution in [2.75, 3.05) is 13.2 Å². The molecule has 0 amide bonds. The third-order valence-corrected chi connectivity index (χ3v) is 1.83. The molecule has 0 spiro atoms. The minimum absolute atomic E-state index is 0.0731. The van der Waals surface area contributed by atoms with Gasteiger partial charge in [0.1, 0.15) is 0 Å². The summed E-state index contributed by atoms with van der Waals surface area (Å²) in [5, 5.41) is 8.52. The van der Waals surface area contributed by atoms with Crippen molar-refractivity contribution in [2.24, 2.45) is 11.7 Å². The summed E-state index contributed by atoms with van der Waals surface area (Å²) in [6.45, 7) is 4.68. The number of ether oxygens (including phenoxy) is 1. The van der Waals surface area contributed by atoms with Gasteiger partial charge >= 0.3 is 5.97 Å². The maximum atomic E-state index is 10.4. The number of nitrogens with two attached hydrogens (primary N) is 1. The zero-order chi connectivity index (χ0) is 9.56. The van der Waals surface area contributed by atoms with Gasteiger partial charge in [-0.05, 0) is 20.4 Å². The van der Waals surface area contributed by atoms with Gasteiger partial charge in [0, 0.05) is 12.5 Å². The van der Waals surface area contributed by atoms with Crippen LogP contribution in [0, 0.1) is 5.92 Å². The summed E-state index contributed by atoms with van der Waals surface area (Å²) in [5.41, 5.74) is 5.41. The maximum Gasteiger partial charge on any atom is 0.303 e. The van der Waals surface area contributed by atoms with E-state index in [1.807, 2.05) is 13.8 Å². The molecule has 0 saturated carbocycles. The Morgan fingerprint density at radius 1 is 1.67 bits per heavy atom. The van der Waals surface area contributed by atoms with Gasteiger partial charge in [0.05, 0.1) is 12.5 Å². The Bertz CT molecular complexity index is 138. The lowest BCUT2D eigenvalue weighted by Crippen LogP contribution is -2.30. The lowest BCUT2D eigenvalue weighted by molar-refractivity contribution is -0.139. The lowest BCUT2D eigenvalue weighted by Gasteiger charge is -2.20. The molecule has 0 aromatic carbocycles. The molecule has 0 fully saturated rings. The smallest absolute Gasteiger partial charge is 0.303 e. The highest BCUT2D eigenvalue weighted by Crippen LogP contribution is 2.10. The molecule has 0 heterocycles. The highest BCUT2D eigenvalue weighted by atomic mass is 16.5. The second-order valence-corrected chi connectivity index (χ2v) is 2.75. The van der Waals surface area contributed by atoms with E-state index in [-0.39, 0.29) is 18.4 Å². The molecule has 0 aromatic heterocycles. The number of hydrogen-bond acceptors (Lipinski definition) is 3. The lowest BCUT2D eigenvalue weighted by atomic mass is 10.00. The number of carboxylic acids is 1. The molecule has 0 aliphatic carbocycles. The Balaban J connectivity index is 3.86. The zero-order valence-electron chi connectivity index (χ0n) is 7.62. The molecule has 0 aliphatic heterocycles. The van der Waals surface area contributed by atoms with Crippen LogP contribution in [-0.4, -0.2) is 30.3 Å².